The molecule has 2 saturated heterocycles. The van der Waals surface area contributed by atoms with Crippen molar-refractivity contribution in [1.29, 1.82) is 0 Å². The maximum Gasteiger partial charge on any atom is 0.250 e. The van der Waals surface area contributed by atoms with Crippen LogP contribution >= 0.6 is 0 Å². The Morgan fingerprint density at radius 3 is 2.61 bits per heavy atom. The van der Waals surface area contributed by atoms with E-state index in [0.717, 1.165) is 10.8 Å². The van der Waals surface area contributed by atoms with Gasteiger partial charge in [0, 0.05) is 29.7 Å². The molecule has 2 aliphatic heterocycles. The molecule has 4 aromatic rings. The molecular formula is C34H35FN4O6S. The minimum absolute atomic E-state index is 0.00330. The largest absolute Gasteiger partial charge is 0.494 e. The number of sulfone groups is 1. The predicted octanol–water partition coefficient (Wildman–Crippen LogP) is 5.36. The zero-order valence-corrected chi connectivity index (χ0v) is 26.2. The number of nitrogen functional groups attached to an aromatic ring is 1. The smallest absolute Gasteiger partial charge is 0.250 e. The minimum atomic E-state index is -3.60. The van der Waals surface area contributed by atoms with E-state index in [1.165, 1.54) is 19.2 Å². The molecule has 3 N–H and O–H groups in total. The zero-order valence-electron chi connectivity index (χ0n) is 25.4. The van der Waals surface area contributed by atoms with Crippen LogP contribution in [-0.2, 0) is 24.1 Å². The first-order chi connectivity index (χ1) is 22.2. The number of nitrogens with one attached hydrogen (secondary N) is 1. The molecule has 7 rings (SSSR count). The van der Waals surface area contributed by atoms with Gasteiger partial charge in [-0.2, -0.15) is 0 Å². The van der Waals surface area contributed by atoms with Crippen LogP contribution in [-0.4, -0.2) is 55.7 Å². The van der Waals surface area contributed by atoms with Crippen LogP contribution < -0.4 is 15.8 Å². The molecule has 0 unspecified atom stereocenters. The summed E-state index contributed by atoms with van der Waals surface area (Å²) >= 11 is 0. The van der Waals surface area contributed by atoms with E-state index in [4.69, 9.17) is 19.9 Å². The number of likely N-dealkylation sites (tertiary alicyclic amines) is 1. The number of benzene rings is 3. The normalized spacial score (nSPS) is 23.6. The van der Waals surface area contributed by atoms with Crippen LogP contribution in [0.1, 0.15) is 49.4 Å². The SMILES string of the molecule is COc1cc([C@@H](Nc2ccc3c(N)nccc3c2)C(=O)N2CC[C@@H](C3OC(C)O3)[C@@H]2c2ccccc2S(=O)(=O)C2CC2)ccc1F. The second-order valence-corrected chi connectivity index (χ2v) is 14.2. The van der Waals surface area contributed by atoms with Crippen molar-refractivity contribution in [2.24, 2.45) is 5.92 Å². The van der Waals surface area contributed by atoms with Crippen molar-refractivity contribution in [3.05, 3.63) is 89.9 Å². The Morgan fingerprint density at radius 1 is 1.09 bits per heavy atom. The van der Waals surface area contributed by atoms with Crippen LogP contribution in [0.15, 0.2) is 77.8 Å². The lowest BCUT2D eigenvalue weighted by molar-refractivity contribution is -0.393. The number of nitrogens with two attached hydrogens (primary N) is 1. The second kappa shape index (κ2) is 11.8. The molecule has 1 saturated carbocycles. The molecule has 46 heavy (non-hydrogen) atoms. The summed E-state index contributed by atoms with van der Waals surface area (Å²) < 4.78 is 59.0. The Morgan fingerprint density at radius 2 is 1.87 bits per heavy atom. The number of pyridine rings is 1. The Balaban J connectivity index is 1.31. The third kappa shape index (κ3) is 5.44. The highest BCUT2D eigenvalue weighted by molar-refractivity contribution is 7.92. The molecule has 1 amide bonds. The number of rotatable bonds is 9. The van der Waals surface area contributed by atoms with Crippen molar-refractivity contribution in [2.75, 3.05) is 24.7 Å². The van der Waals surface area contributed by atoms with Gasteiger partial charge < -0.3 is 30.2 Å². The molecule has 1 aromatic heterocycles. The third-order valence-corrected chi connectivity index (χ3v) is 11.4. The van der Waals surface area contributed by atoms with Gasteiger partial charge >= 0.3 is 0 Å². The van der Waals surface area contributed by atoms with Crippen LogP contribution in [0.25, 0.3) is 10.8 Å². The lowest BCUT2D eigenvalue weighted by atomic mass is 9.91. The van der Waals surface area contributed by atoms with Crippen molar-refractivity contribution in [3.63, 3.8) is 0 Å². The Labute approximate surface area is 266 Å². The fraction of sp³-hybridized carbons (Fsp3) is 0.353. The van der Waals surface area contributed by atoms with Crippen molar-refractivity contribution < 1.29 is 31.8 Å². The number of hydrogen-bond acceptors (Lipinski definition) is 9. The maximum atomic E-state index is 14.9. The molecule has 3 aromatic carbocycles. The second-order valence-electron chi connectivity index (χ2n) is 12.0. The van der Waals surface area contributed by atoms with E-state index < -0.39 is 39.3 Å². The van der Waals surface area contributed by atoms with E-state index in [1.54, 1.807) is 54.4 Å². The molecule has 12 heteroatoms. The van der Waals surface area contributed by atoms with Gasteiger partial charge in [-0.15, -0.1) is 0 Å². The maximum absolute atomic E-state index is 14.9. The topological polar surface area (TPSA) is 133 Å². The summed E-state index contributed by atoms with van der Waals surface area (Å²) in [5.41, 5.74) is 7.71. The number of carbonyl (C=O) groups excluding carboxylic acids is 1. The number of ether oxygens (including phenoxy) is 3. The highest BCUT2D eigenvalue weighted by Crippen LogP contribution is 2.48. The lowest BCUT2D eigenvalue weighted by Crippen LogP contribution is -2.47. The van der Waals surface area contributed by atoms with Crippen molar-refractivity contribution in [1.82, 2.24) is 9.88 Å². The zero-order chi connectivity index (χ0) is 32.2. The Bertz CT molecular complexity index is 1910. The highest BCUT2D eigenvalue weighted by atomic mass is 32.2. The molecule has 3 atom stereocenters. The highest BCUT2D eigenvalue weighted by Gasteiger charge is 2.50. The summed E-state index contributed by atoms with van der Waals surface area (Å²) in [6.07, 6.45) is 2.40. The fourth-order valence-corrected chi connectivity index (χ4v) is 8.55. The van der Waals surface area contributed by atoms with E-state index in [9.17, 15) is 17.6 Å². The summed E-state index contributed by atoms with van der Waals surface area (Å²) in [6, 6.07) is 16.9. The number of methoxy groups -OCH3 is 1. The standard InChI is InChI=1S/C34H35FN4O6S/c1-19-44-34(45-19)26-14-16-39(31(26)25-5-3-4-6-29(25)46(41,42)23-9-10-23)33(40)30(21-7-12-27(35)28(18-21)43-2)38-22-8-11-24-20(17-22)13-15-37-32(24)36/h3-8,11-13,15,17-19,23,26,30-31,34,38H,9-10,14,16H2,1-2H3,(H2,36,37)/t19?,26-,30-,31+,34?/m1/s1. The van der Waals surface area contributed by atoms with Crippen LogP contribution in [0.4, 0.5) is 15.9 Å². The quantitative estimate of drug-likeness (QED) is 0.247. The number of amides is 1. The number of hydrogen-bond donors (Lipinski definition) is 2. The first-order valence-corrected chi connectivity index (χ1v) is 16.9. The van der Waals surface area contributed by atoms with Crippen molar-refractivity contribution >= 4 is 38.0 Å². The summed E-state index contributed by atoms with van der Waals surface area (Å²) in [7, 11) is -2.23. The van der Waals surface area contributed by atoms with Gasteiger partial charge in [-0.25, -0.2) is 17.8 Å². The van der Waals surface area contributed by atoms with Crippen LogP contribution in [0.5, 0.6) is 5.75 Å². The number of fused-ring (bicyclic) bond motifs is 1. The van der Waals surface area contributed by atoms with E-state index in [1.807, 2.05) is 18.2 Å². The molecule has 0 radical (unpaired) electrons. The molecule has 1 aliphatic carbocycles. The molecule has 0 bridgehead atoms. The Hall–Kier alpha value is -4.26. The van der Waals surface area contributed by atoms with E-state index in [0.29, 0.717) is 48.4 Å². The molecule has 3 heterocycles. The van der Waals surface area contributed by atoms with Crippen molar-refractivity contribution in [2.45, 2.75) is 61.0 Å². The van der Waals surface area contributed by atoms with Gasteiger partial charge in [-0.3, -0.25) is 4.79 Å². The molecule has 3 fully saturated rings. The summed E-state index contributed by atoms with van der Waals surface area (Å²) in [5, 5.41) is 4.54. The van der Waals surface area contributed by atoms with Crippen LogP contribution in [0.2, 0.25) is 0 Å². The summed E-state index contributed by atoms with van der Waals surface area (Å²) in [4.78, 5) is 20.9. The van der Waals surface area contributed by atoms with Gasteiger partial charge in [0.2, 0.25) is 5.91 Å². The first-order valence-electron chi connectivity index (χ1n) is 15.3. The number of nitrogens with zero attached hydrogens (tertiary/aromatic N) is 2. The van der Waals surface area contributed by atoms with Gasteiger partial charge in [0.1, 0.15) is 11.9 Å². The summed E-state index contributed by atoms with van der Waals surface area (Å²) in [5.74, 6) is -0.800. The average Bonchev–Trinajstić information content (AvgIpc) is 3.82. The van der Waals surface area contributed by atoms with E-state index >= 15 is 0 Å². The molecule has 240 valence electrons. The number of aromatic nitrogens is 1. The van der Waals surface area contributed by atoms with Gasteiger partial charge in [0.15, 0.2) is 34.0 Å². The summed E-state index contributed by atoms with van der Waals surface area (Å²) in [6.45, 7) is 2.13. The third-order valence-electron chi connectivity index (χ3n) is 9.10. The predicted molar refractivity (Wildman–Crippen MR) is 170 cm³/mol. The number of halogens is 1. The molecule has 0 spiro atoms. The van der Waals surface area contributed by atoms with Crippen LogP contribution in [0.3, 0.4) is 0 Å². The van der Waals surface area contributed by atoms with Gasteiger partial charge in [0.05, 0.1) is 23.3 Å². The molecule has 10 nitrogen and oxygen atoms in total. The number of carbonyl (C=O) groups is 1. The number of anilines is 2. The Kier molecular flexibility index (Phi) is 7.82. The van der Waals surface area contributed by atoms with E-state index in [2.05, 4.69) is 10.3 Å². The average molecular weight is 647 g/mol. The van der Waals surface area contributed by atoms with Gasteiger partial charge in [-0.05, 0) is 85.2 Å². The van der Waals surface area contributed by atoms with Crippen molar-refractivity contribution in [3.8, 4) is 5.75 Å². The monoisotopic (exact) mass is 646 g/mol. The van der Waals surface area contributed by atoms with Gasteiger partial charge in [0.25, 0.3) is 0 Å². The minimum Gasteiger partial charge on any atom is -0.494 e. The van der Waals surface area contributed by atoms with Crippen LogP contribution in [0, 0.1) is 11.7 Å². The first kappa shape index (κ1) is 30.4. The van der Waals surface area contributed by atoms with Gasteiger partial charge in [-0.1, -0.05) is 24.3 Å². The lowest BCUT2D eigenvalue weighted by Gasteiger charge is -2.41. The molecule has 3 aliphatic rings. The van der Waals surface area contributed by atoms with E-state index in [-0.39, 0.29) is 28.8 Å². The fourth-order valence-electron chi connectivity index (χ4n) is 6.65. The molecular weight excluding hydrogens is 611 g/mol.